The van der Waals surface area contributed by atoms with Crippen LogP contribution in [0.15, 0.2) is 11.6 Å². The molecule has 0 spiro atoms. The summed E-state index contributed by atoms with van der Waals surface area (Å²) in [6.07, 6.45) is 4.83. The van der Waals surface area contributed by atoms with E-state index in [4.69, 9.17) is 0 Å². The smallest absolute Gasteiger partial charge is 0.0274 e. The molecule has 0 rings (SSSR count). The second-order valence-electron chi connectivity index (χ2n) is 5.42. The van der Waals surface area contributed by atoms with Crippen LogP contribution >= 0.6 is 0 Å². The Labute approximate surface area is 78.1 Å². The average Bonchev–Trinajstić information content (AvgIpc) is 1.79. The molecule has 0 bridgehead atoms. The molecule has 0 saturated heterocycles. The Morgan fingerprint density at radius 3 is 2.08 bits per heavy atom. The lowest BCUT2D eigenvalue weighted by atomic mass is 9.88. The molecule has 0 atom stereocenters. The molecule has 0 aromatic rings. The highest BCUT2D eigenvalue weighted by Crippen LogP contribution is 2.24. The molecule has 0 aliphatic carbocycles. The lowest BCUT2D eigenvalue weighted by molar-refractivity contribution is 0.408. The number of allylic oxidation sites excluding steroid dienone is 2. The minimum atomic E-state index is 0.442. The van der Waals surface area contributed by atoms with E-state index in [9.17, 15) is 0 Å². The van der Waals surface area contributed by atoms with Gasteiger partial charge in [0.2, 0.25) is 0 Å². The van der Waals surface area contributed by atoms with Crippen LogP contribution in [0, 0.1) is 11.3 Å². The summed E-state index contributed by atoms with van der Waals surface area (Å²) in [5, 5.41) is 0. The van der Waals surface area contributed by atoms with E-state index in [2.05, 4.69) is 47.6 Å². The Morgan fingerprint density at radius 1 is 1.25 bits per heavy atom. The van der Waals surface area contributed by atoms with Gasteiger partial charge in [0, 0.05) is 0 Å². The van der Waals surface area contributed by atoms with Crippen molar-refractivity contribution in [3.63, 3.8) is 0 Å². The summed E-state index contributed by atoms with van der Waals surface area (Å²) < 4.78 is 0. The van der Waals surface area contributed by atoms with Gasteiger partial charge in [-0.15, -0.1) is 0 Å². The topological polar surface area (TPSA) is 0 Å². The predicted octanol–water partition coefficient (Wildman–Crippen LogP) is 4.42. The highest BCUT2D eigenvalue weighted by molar-refractivity contribution is 5.00. The SMILES string of the molecule is C/C(=C/CC(C)C)CC(C)(C)C. The normalized spacial score (nSPS) is 14.1. The molecule has 0 fully saturated rings. The van der Waals surface area contributed by atoms with Gasteiger partial charge in [-0.1, -0.05) is 46.3 Å². The molecule has 12 heavy (non-hydrogen) atoms. The molecule has 0 aromatic carbocycles. The van der Waals surface area contributed by atoms with Gasteiger partial charge in [0.15, 0.2) is 0 Å². The van der Waals surface area contributed by atoms with Gasteiger partial charge >= 0.3 is 0 Å². The molecule has 0 saturated carbocycles. The Kier molecular flexibility index (Phi) is 4.59. The van der Waals surface area contributed by atoms with Crippen LogP contribution in [-0.4, -0.2) is 0 Å². The first-order chi connectivity index (χ1) is 5.31. The van der Waals surface area contributed by atoms with Crippen molar-refractivity contribution in [2.24, 2.45) is 11.3 Å². The van der Waals surface area contributed by atoms with Crippen LogP contribution in [0.3, 0.4) is 0 Å². The molecular formula is C12H24. The predicted molar refractivity (Wildman–Crippen MR) is 57.3 cm³/mol. The van der Waals surface area contributed by atoms with Crippen LogP contribution in [0.25, 0.3) is 0 Å². The van der Waals surface area contributed by atoms with Crippen LogP contribution in [0.1, 0.15) is 54.4 Å². The van der Waals surface area contributed by atoms with Crippen molar-refractivity contribution in [3.05, 3.63) is 11.6 Å². The van der Waals surface area contributed by atoms with Crippen LogP contribution in [0.2, 0.25) is 0 Å². The summed E-state index contributed by atoms with van der Waals surface area (Å²) in [5.41, 5.74) is 1.98. The molecule has 0 heteroatoms. The maximum atomic E-state index is 2.38. The van der Waals surface area contributed by atoms with Crippen LogP contribution in [-0.2, 0) is 0 Å². The zero-order valence-corrected chi connectivity index (χ0v) is 9.57. The quantitative estimate of drug-likeness (QED) is 0.547. The fourth-order valence-corrected chi connectivity index (χ4v) is 1.35. The van der Waals surface area contributed by atoms with Gasteiger partial charge in [-0.05, 0) is 31.1 Å². The van der Waals surface area contributed by atoms with E-state index in [0.29, 0.717) is 5.41 Å². The third-order valence-corrected chi connectivity index (χ3v) is 1.75. The Balaban J connectivity index is 3.86. The van der Waals surface area contributed by atoms with E-state index in [1.807, 2.05) is 0 Å². The highest BCUT2D eigenvalue weighted by Gasteiger charge is 2.10. The number of hydrogen-bond acceptors (Lipinski definition) is 0. The van der Waals surface area contributed by atoms with Crippen molar-refractivity contribution in [2.75, 3.05) is 0 Å². The van der Waals surface area contributed by atoms with E-state index < -0.39 is 0 Å². The summed E-state index contributed by atoms with van der Waals surface area (Å²) in [4.78, 5) is 0. The van der Waals surface area contributed by atoms with Gasteiger partial charge in [0.25, 0.3) is 0 Å². The highest BCUT2D eigenvalue weighted by atomic mass is 14.2. The van der Waals surface area contributed by atoms with Gasteiger partial charge in [-0.2, -0.15) is 0 Å². The summed E-state index contributed by atoms with van der Waals surface area (Å²) in [5.74, 6) is 0.792. The van der Waals surface area contributed by atoms with Crippen molar-refractivity contribution in [1.82, 2.24) is 0 Å². The van der Waals surface area contributed by atoms with E-state index in [0.717, 1.165) is 5.92 Å². The molecule has 0 radical (unpaired) electrons. The second-order valence-corrected chi connectivity index (χ2v) is 5.42. The van der Waals surface area contributed by atoms with Crippen molar-refractivity contribution in [2.45, 2.75) is 54.4 Å². The summed E-state index contributed by atoms with van der Waals surface area (Å²) in [7, 11) is 0. The van der Waals surface area contributed by atoms with Gasteiger partial charge in [-0.25, -0.2) is 0 Å². The fourth-order valence-electron chi connectivity index (χ4n) is 1.35. The molecular weight excluding hydrogens is 144 g/mol. The van der Waals surface area contributed by atoms with Crippen molar-refractivity contribution in [3.8, 4) is 0 Å². The minimum Gasteiger partial charge on any atom is -0.0853 e. The van der Waals surface area contributed by atoms with Gasteiger partial charge in [0.05, 0.1) is 0 Å². The molecule has 72 valence electrons. The average molecular weight is 168 g/mol. The molecule has 0 nitrogen and oxygen atoms in total. The maximum Gasteiger partial charge on any atom is -0.0274 e. The van der Waals surface area contributed by atoms with Crippen LogP contribution in [0.4, 0.5) is 0 Å². The summed E-state index contributed by atoms with van der Waals surface area (Å²) in [6, 6.07) is 0. The lowest BCUT2D eigenvalue weighted by Gasteiger charge is -2.18. The molecule has 0 aliphatic heterocycles. The monoisotopic (exact) mass is 168 g/mol. The summed E-state index contributed by atoms with van der Waals surface area (Å²) in [6.45, 7) is 13.6. The summed E-state index contributed by atoms with van der Waals surface area (Å²) >= 11 is 0. The zero-order valence-electron chi connectivity index (χ0n) is 9.57. The van der Waals surface area contributed by atoms with Crippen molar-refractivity contribution >= 4 is 0 Å². The molecule has 0 aromatic heterocycles. The first kappa shape index (κ1) is 11.7. The Hall–Kier alpha value is -0.260. The van der Waals surface area contributed by atoms with Gasteiger partial charge in [-0.3, -0.25) is 0 Å². The zero-order chi connectivity index (χ0) is 9.78. The van der Waals surface area contributed by atoms with Crippen molar-refractivity contribution < 1.29 is 0 Å². The number of hydrogen-bond donors (Lipinski definition) is 0. The fraction of sp³-hybridized carbons (Fsp3) is 0.833. The molecule has 0 unspecified atom stereocenters. The minimum absolute atomic E-state index is 0.442. The third kappa shape index (κ3) is 7.84. The molecule has 0 amide bonds. The van der Waals surface area contributed by atoms with E-state index in [-0.39, 0.29) is 0 Å². The Bertz CT molecular complexity index is 144. The van der Waals surface area contributed by atoms with Crippen molar-refractivity contribution in [1.29, 1.82) is 0 Å². The van der Waals surface area contributed by atoms with E-state index in [1.54, 1.807) is 0 Å². The molecule has 0 N–H and O–H groups in total. The van der Waals surface area contributed by atoms with Crippen LogP contribution in [0.5, 0.6) is 0 Å². The third-order valence-electron chi connectivity index (χ3n) is 1.75. The van der Waals surface area contributed by atoms with E-state index >= 15 is 0 Å². The standard InChI is InChI=1S/C12H24/c1-10(2)7-8-11(3)9-12(4,5)6/h8,10H,7,9H2,1-6H3/b11-8-. The Morgan fingerprint density at radius 2 is 1.75 bits per heavy atom. The first-order valence-electron chi connectivity index (χ1n) is 4.97. The van der Waals surface area contributed by atoms with Gasteiger partial charge in [0.1, 0.15) is 0 Å². The number of rotatable bonds is 3. The lowest BCUT2D eigenvalue weighted by Crippen LogP contribution is -2.05. The second kappa shape index (κ2) is 4.69. The van der Waals surface area contributed by atoms with Gasteiger partial charge < -0.3 is 0 Å². The maximum absolute atomic E-state index is 2.38. The first-order valence-corrected chi connectivity index (χ1v) is 4.97. The molecule has 0 aliphatic rings. The van der Waals surface area contributed by atoms with E-state index in [1.165, 1.54) is 18.4 Å². The molecule has 0 heterocycles. The van der Waals surface area contributed by atoms with Crippen LogP contribution < -0.4 is 0 Å². The largest absolute Gasteiger partial charge is 0.0853 e.